The highest BCUT2D eigenvalue weighted by atomic mass is 16.5. The predicted molar refractivity (Wildman–Crippen MR) is 59.6 cm³/mol. The topological polar surface area (TPSA) is 76.1 Å². The van der Waals surface area contributed by atoms with Crippen LogP contribution in [-0.2, 0) is 19.1 Å². The fourth-order valence-corrected chi connectivity index (χ4v) is 1.80. The Hall–Kier alpha value is -1.14. The molecule has 6 heteroatoms. The summed E-state index contributed by atoms with van der Waals surface area (Å²) >= 11 is 0. The highest BCUT2D eigenvalue weighted by Gasteiger charge is 2.27. The standard InChI is InChI=1S/C11H19NO5/c1-16-5-6-17-8-10(13)12-4-2-3-9(7-12)11(14)15/h9H,2-8H2,1H3,(H,14,15)/t9-/m0/s1. The number of nitrogens with zero attached hydrogens (tertiary/aromatic N) is 1. The van der Waals surface area contributed by atoms with Gasteiger partial charge in [-0.05, 0) is 12.8 Å². The van der Waals surface area contributed by atoms with E-state index in [1.165, 1.54) is 0 Å². The average molecular weight is 245 g/mol. The van der Waals surface area contributed by atoms with E-state index in [1.807, 2.05) is 0 Å². The molecule has 1 aliphatic heterocycles. The number of rotatable bonds is 6. The number of methoxy groups -OCH3 is 1. The monoisotopic (exact) mass is 245 g/mol. The summed E-state index contributed by atoms with van der Waals surface area (Å²) in [6.45, 7) is 1.73. The minimum absolute atomic E-state index is 0.00427. The van der Waals surface area contributed by atoms with Gasteiger partial charge in [-0.2, -0.15) is 0 Å². The third kappa shape index (κ3) is 4.70. The van der Waals surface area contributed by atoms with Crippen LogP contribution in [0.25, 0.3) is 0 Å². The first-order valence-corrected chi connectivity index (χ1v) is 5.72. The smallest absolute Gasteiger partial charge is 0.308 e. The van der Waals surface area contributed by atoms with Crippen molar-refractivity contribution in [1.29, 1.82) is 0 Å². The first-order valence-electron chi connectivity index (χ1n) is 5.72. The van der Waals surface area contributed by atoms with Crippen molar-refractivity contribution in [2.75, 3.05) is 40.0 Å². The molecule has 6 nitrogen and oxygen atoms in total. The van der Waals surface area contributed by atoms with Crippen LogP contribution in [0.1, 0.15) is 12.8 Å². The maximum absolute atomic E-state index is 11.7. The lowest BCUT2D eigenvalue weighted by Gasteiger charge is -2.30. The number of ether oxygens (including phenoxy) is 2. The SMILES string of the molecule is COCCOCC(=O)N1CCC[C@H](C(=O)O)C1. The summed E-state index contributed by atoms with van der Waals surface area (Å²) in [5.41, 5.74) is 0. The van der Waals surface area contributed by atoms with E-state index in [0.717, 1.165) is 6.42 Å². The van der Waals surface area contributed by atoms with E-state index in [1.54, 1.807) is 12.0 Å². The molecule has 98 valence electrons. The van der Waals surface area contributed by atoms with Gasteiger partial charge in [0.2, 0.25) is 5.91 Å². The van der Waals surface area contributed by atoms with Crippen LogP contribution in [-0.4, -0.2) is 61.9 Å². The molecular formula is C11H19NO5. The lowest BCUT2D eigenvalue weighted by Crippen LogP contribution is -2.43. The number of aliphatic carboxylic acids is 1. The fraction of sp³-hybridized carbons (Fsp3) is 0.818. The quantitative estimate of drug-likeness (QED) is 0.665. The molecule has 1 fully saturated rings. The second kappa shape index (κ2) is 7.24. The zero-order valence-corrected chi connectivity index (χ0v) is 10.1. The van der Waals surface area contributed by atoms with Gasteiger partial charge in [-0.1, -0.05) is 0 Å². The van der Waals surface area contributed by atoms with Crippen LogP contribution in [0.5, 0.6) is 0 Å². The van der Waals surface area contributed by atoms with Crippen LogP contribution < -0.4 is 0 Å². The molecule has 1 heterocycles. The highest BCUT2D eigenvalue weighted by Crippen LogP contribution is 2.16. The Kier molecular flexibility index (Phi) is 5.93. The van der Waals surface area contributed by atoms with Gasteiger partial charge in [0.05, 0.1) is 19.1 Å². The van der Waals surface area contributed by atoms with E-state index in [0.29, 0.717) is 32.7 Å². The van der Waals surface area contributed by atoms with Crippen molar-refractivity contribution in [2.24, 2.45) is 5.92 Å². The van der Waals surface area contributed by atoms with Crippen LogP contribution in [0, 0.1) is 5.92 Å². The van der Waals surface area contributed by atoms with Gasteiger partial charge in [0.1, 0.15) is 6.61 Å². The zero-order chi connectivity index (χ0) is 12.7. The van der Waals surface area contributed by atoms with E-state index in [2.05, 4.69) is 0 Å². The summed E-state index contributed by atoms with van der Waals surface area (Å²) in [5, 5.41) is 8.90. The van der Waals surface area contributed by atoms with Gasteiger partial charge in [-0.3, -0.25) is 9.59 Å². The summed E-state index contributed by atoms with van der Waals surface area (Å²) < 4.78 is 9.91. The van der Waals surface area contributed by atoms with Crippen molar-refractivity contribution in [3.05, 3.63) is 0 Å². The highest BCUT2D eigenvalue weighted by molar-refractivity contribution is 5.79. The van der Waals surface area contributed by atoms with E-state index in [4.69, 9.17) is 14.6 Å². The Balaban J connectivity index is 2.28. The predicted octanol–water partition coefficient (Wildman–Crippen LogP) is -0.0274. The molecule has 0 unspecified atom stereocenters. The van der Waals surface area contributed by atoms with Crippen molar-refractivity contribution < 1.29 is 24.2 Å². The molecule has 0 aromatic rings. The first-order chi connectivity index (χ1) is 8.15. The summed E-state index contributed by atoms with van der Waals surface area (Å²) in [5.74, 6) is -1.42. The van der Waals surface area contributed by atoms with Gasteiger partial charge in [-0.25, -0.2) is 0 Å². The molecule has 17 heavy (non-hydrogen) atoms. The Labute approximate surface area is 100 Å². The van der Waals surface area contributed by atoms with Gasteiger partial charge in [0.25, 0.3) is 0 Å². The molecule has 0 aromatic heterocycles. The lowest BCUT2D eigenvalue weighted by atomic mass is 9.98. The molecule has 0 aliphatic carbocycles. The molecular weight excluding hydrogens is 226 g/mol. The second-order valence-electron chi connectivity index (χ2n) is 4.06. The minimum Gasteiger partial charge on any atom is -0.481 e. The number of hydrogen-bond acceptors (Lipinski definition) is 4. The average Bonchev–Trinajstić information content (AvgIpc) is 2.34. The first kappa shape index (κ1) is 13.9. The van der Waals surface area contributed by atoms with Gasteiger partial charge in [-0.15, -0.1) is 0 Å². The third-order valence-electron chi connectivity index (χ3n) is 2.78. The number of hydrogen-bond donors (Lipinski definition) is 1. The van der Waals surface area contributed by atoms with Crippen LogP contribution >= 0.6 is 0 Å². The lowest BCUT2D eigenvalue weighted by molar-refractivity contribution is -0.147. The number of carboxylic acid groups (broad SMARTS) is 1. The van der Waals surface area contributed by atoms with Crippen molar-refractivity contribution >= 4 is 11.9 Å². The molecule has 1 saturated heterocycles. The van der Waals surface area contributed by atoms with Crippen LogP contribution in [0.4, 0.5) is 0 Å². The summed E-state index contributed by atoms with van der Waals surface area (Å²) in [6, 6.07) is 0. The van der Waals surface area contributed by atoms with E-state index >= 15 is 0 Å². The Morgan fingerprint density at radius 2 is 2.18 bits per heavy atom. The van der Waals surface area contributed by atoms with E-state index < -0.39 is 11.9 Å². The number of carbonyl (C=O) groups is 2. The van der Waals surface area contributed by atoms with Crippen molar-refractivity contribution in [3.63, 3.8) is 0 Å². The van der Waals surface area contributed by atoms with Crippen LogP contribution in [0.2, 0.25) is 0 Å². The molecule has 1 rings (SSSR count). The molecule has 0 radical (unpaired) electrons. The number of carbonyl (C=O) groups excluding carboxylic acids is 1. The number of piperidine rings is 1. The minimum atomic E-state index is -0.831. The fourth-order valence-electron chi connectivity index (χ4n) is 1.80. The summed E-state index contributed by atoms with van der Waals surface area (Å²) in [7, 11) is 1.56. The number of carboxylic acids is 1. The van der Waals surface area contributed by atoms with Crippen LogP contribution in [0.3, 0.4) is 0 Å². The van der Waals surface area contributed by atoms with Crippen molar-refractivity contribution in [1.82, 2.24) is 4.90 Å². The Bertz CT molecular complexity index is 269. The van der Waals surface area contributed by atoms with Gasteiger partial charge in [0, 0.05) is 20.2 Å². The molecule has 0 spiro atoms. The normalized spacial score (nSPS) is 20.3. The maximum Gasteiger partial charge on any atom is 0.308 e. The van der Waals surface area contributed by atoms with Crippen LogP contribution in [0.15, 0.2) is 0 Å². The third-order valence-corrected chi connectivity index (χ3v) is 2.78. The largest absolute Gasteiger partial charge is 0.481 e. The zero-order valence-electron chi connectivity index (χ0n) is 10.1. The van der Waals surface area contributed by atoms with E-state index in [9.17, 15) is 9.59 Å². The summed E-state index contributed by atoms with van der Waals surface area (Å²) in [6.07, 6.45) is 1.38. The number of amides is 1. The van der Waals surface area contributed by atoms with Crippen molar-refractivity contribution in [3.8, 4) is 0 Å². The van der Waals surface area contributed by atoms with Gasteiger partial charge >= 0.3 is 5.97 Å². The molecule has 0 saturated carbocycles. The van der Waals surface area contributed by atoms with Gasteiger partial charge in [0.15, 0.2) is 0 Å². The molecule has 1 aliphatic rings. The van der Waals surface area contributed by atoms with Crippen molar-refractivity contribution in [2.45, 2.75) is 12.8 Å². The van der Waals surface area contributed by atoms with E-state index in [-0.39, 0.29) is 12.5 Å². The molecule has 0 bridgehead atoms. The Morgan fingerprint density at radius 3 is 2.82 bits per heavy atom. The summed E-state index contributed by atoms with van der Waals surface area (Å²) in [4.78, 5) is 24.1. The molecule has 1 amide bonds. The number of likely N-dealkylation sites (tertiary alicyclic amines) is 1. The maximum atomic E-state index is 11.7. The Morgan fingerprint density at radius 1 is 1.41 bits per heavy atom. The van der Waals surface area contributed by atoms with Gasteiger partial charge < -0.3 is 19.5 Å². The molecule has 0 aromatic carbocycles. The molecule has 1 N–H and O–H groups in total. The second-order valence-corrected chi connectivity index (χ2v) is 4.06. The molecule has 1 atom stereocenters.